The number of carbonyl (C=O) groups is 1. The number of rotatable bonds is 6. The molecule has 2 unspecified atom stereocenters. The molecule has 19 heavy (non-hydrogen) atoms. The molecular weight excluding hydrogens is 240 g/mol. The number of nitrogens with zero attached hydrogens (tertiary/aromatic N) is 3. The van der Waals surface area contributed by atoms with Gasteiger partial charge in [-0.05, 0) is 34.9 Å². The summed E-state index contributed by atoms with van der Waals surface area (Å²) >= 11 is 0. The average molecular weight is 270 g/mol. The summed E-state index contributed by atoms with van der Waals surface area (Å²) in [5, 5.41) is 3.33. The lowest BCUT2D eigenvalue weighted by Crippen LogP contribution is -2.55. The minimum atomic E-state index is -0.00772. The summed E-state index contributed by atoms with van der Waals surface area (Å²) in [6.45, 7) is 11.8. The number of likely N-dealkylation sites (N-methyl/N-ethyl adjacent to an activating group) is 2. The van der Waals surface area contributed by atoms with Crippen molar-refractivity contribution in [2.75, 3.05) is 53.4 Å². The van der Waals surface area contributed by atoms with Gasteiger partial charge >= 0.3 is 0 Å². The van der Waals surface area contributed by atoms with E-state index in [1.54, 1.807) is 0 Å². The smallest absolute Gasteiger partial charge is 0.239 e. The molecule has 0 radical (unpaired) electrons. The van der Waals surface area contributed by atoms with Crippen molar-refractivity contribution in [2.24, 2.45) is 0 Å². The topological polar surface area (TPSA) is 38.8 Å². The van der Waals surface area contributed by atoms with Gasteiger partial charge in [-0.25, -0.2) is 0 Å². The van der Waals surface area contributed by atoms with Gasteiger partial charge in [-0.2, -0.15) is 0 Å². The third-order valence-electron chi connectivity index (χ3n) is 3.84. The van der Waals surface area contributed by atoms with Gasteiger partial charge in [0.25, 0.3) is 0 Å². The summed E-state index contributed by atoms with van der Waals surface area (Å²) in [6, 6.07) is 0.254. The lowest BCUT2D eigenvalue weighted by molar-refractivity contribution is -0.138. The van der Waals surface area contributed by atoms with Crippen LogP contribution in [0.4, 0.5) is 0 Å². The van der Waals surface area contributed by atoms with Gasteiger partial charge in [0.05, 0.1) is 6.04 Å². The van der Waals surface area contributed by atoms with Crippen LogP contribution in [0.15, 0.2) is 0 Å². The van der Waals surface area contributed by atoms with Crippen LogP contribution in [0.3, 0.4) is 0 Å². The van der Waals surface area contributed by atoms with E-state index in [2.05, 4.69) is 43.1 Å². The van der Waals surface area contributed by atoms with E-state index in [0.717, 1.165) is 39.3 Å². The molecule has 2 atom stereocenters. The first kappa shape index (κ1) is 16.4. The van der Waals surface area contributed by atoms with E-state index < -0.39 is 0 Å². The molecule has 0 saturated carbocycles. The standard InChI is InChI=1S/C14H30N4O/c1-6-18(12(2)11-16(4)5)14(19)13(3)17-9-7-15-8-10-17/h12-13,15H,6-11H2,1-5H3. The van der Waals surface area contributed by atoms with Gasteiger partial charge in [0.15, 0.2) is 0 Å². The maximum atomic E-state index is 12.6. The van der Waals surface area contributed by atoms with Crippen LogP contribution < -0.4 is 5.32 Å². The van der Waals surface area contributed by atoms with Gasteiger partial charge in [0, 0.05) is 45.3 Å². The fourth-order valence-corrected chi connectivity index (χ4v) is 2.78. The zero-order valence-corrected chi connectivity index (χ0v) is 13.1. The quantitative estimate of drug-likeness (QED) is 0.742. The molecule has 0 aromatic heterocycles. The number of hydrogen-bond donors (Lipinski definition) is 1. The summed E-state index contributed by atoms with van der Waals surface area (Å²) in [5.74, 6) is 0.263. The molecule has 0 aromatic rings. The minimum absolute atomic E-state index is 0.00772. The van der Waals surface area contributed by atoms with E-state index in [1.807, 2.05) is 11.8 Å². The fraction of sp³-hybridized carbons (Fsp3) is 0.929. The molecule has 1 N–H and O–H groups in total. The minimum Gasteiger partial charge on any atom is -0.338 e. The molecule has 1 fully saturated rings. The monoisotopic (exact) mass is 270 g/mol. The molecule has 112 valence electrons. The predicted molar refractivity (Wildman–Crippen MR) is 79.3 cm³/mol. The van der Waals surface area contributed by atoms with Crippen LogP contribution in [0.2, 0.25) is 0 Å². The summed E-state index contributed by atoms with van der Waals surface area (Å²) < 4.78 is 0. The van der Waals surface area contributed by atoms with E-state index in [1.165, 1.54) is 0 Å². The Morgan fingerprint density at radius 1 is 1.26 bits per heavy atom. The molecule has 1 rings (SSSR count). The zero-order chi connectivity index (χ0) is 14.4. The summed E-state index contributed by atoms with van der Waals surface area (Å²) in [5.41, 5.74) is 0. The molecule has 1 amide bonds. The highest BCUT2D eigenvalue weighted by Crippen LogP contribution is 2.09. The first-order chi connectivity index (χ1) is 8.97. The van der Waals surface area contributed by atoms with Crippen molar-refractivity contribution in [1.82, 2.24) is 20.0 Å². The van der Waals surface area contributed by atoms with Crippen molar-refractivity contribution in [3.05, 3.63) is 0 Å². The average Bonchev–Trinajstić information content (AvgIpc) is 2.38. The maximum Gasteiger partial charge on any atom is 0.239 e. The van der Waals surface area contributed by atoms with Crippen molar-refractivity contribution in [1.29, 1.82) is 0 Å². The largest absolute Gasteiger partial charge is 0.338 e. The van der Waals surface area contributed by atoms with E-state index in [4.69, 9.17) is 0 Å². The first-order valence-electron chi connectivity index (χ1n) is 7.37. The van der Waals surface area contributed by atoms with Crippen LogP contribution in [-0.2, 0) is 4.79 Å². The maximum absolute atomic E-state index is 12.6. The molecule has 0 aromatic carbocycles. The molecule has 0 spiro atoms. The molecule has 0 aliphatic carbocycles. The van der Waals surface area contributed by atoms with Crippen LogP contribution >= 0.6 is 0 Å². The van der Waals surface area contributed by atoms with Crippen LogP contribution in [0, 0.1) is 0 Å². The van der Waals surface area contributed by atoms with Gasteiger partial charge in [-0.1, -0.05) is 0 Å². The van der Waals surface area contributed by atoms with Gasteiger partial charge in [0.2, 0.25) is 5.91 Å². The Hall–Kier alpha value is -0.650. The van der Waals surface area contributed by atoms with Crippen molar-refractivity contribution in [3.8, 4) is 0 Å². The highest BCUT2D eigenvalue weighted by molar-refractivity contribution is 5.81. The molecule has 5 heteroatoms. The van der Waals surface area contributed by atoms with Gasteiger partial charge in [-0.15, -0.1) is 0 Å². The highest BCUT2D eigenvalue weighted by atomic mass is 16.2. The molecule has 1 aliphatic heterocycles. The van der Waals surface area contributed by atoms with E-state index in [9.17, 15) is 4.79 Å². The Bertz CT molecular complexity index is 277. The second-order valence-corrected chi connectivity index (χ2v) is 5.70. The number of hydrogen-bond acceptors (Lipinski definition) is 4. The van der Waals surface area contributed by atoms with Crippen molar-refractivity contribution in [2.45, 2.75) is 32.9 Å². The zero-order valence-electron chi connectivity index (χ0n) is 13.1. The van der Waals surface area contributed by atoms with E-state index in [0.29, 0.717) is 0 Å². The molecule has 0 bridgehead atoms. The lowest BCUT2D eigenvalue weighted by atomic mass is 10.1. The summed E-state index contributed by atoms with van der Waals surface area (Å²) in [7, 11) is 4.10. The number of nitrogens with one attached hydrogen (secondary N) is 1. The van der Waals surface area contributed by atoms with Crippen LogP contribution in [-0.4, -0.2) is 86.1 Å². The van der Waals surface area contributed by atoms with Gasteiger partial charge < -0.3 is 15.1 Å². The summed E-state index contributed by atoms with van der Waals surface area (Å²) in [6.07, 6.45) is 0. The second-order valence-electron chi connectivity index (χ2n) is 5.70. The predicted octanol–water partition coefficient (Wildman–Crippen LogP) is 0.0787. The third-order valence-corrected chi connectivity index (χ3v) is 3.84. The van der Waals surface area contributed by atoms with Crippen molar-refractivity contribution in [3.63, 3.8) is 0 Å². The van der Waals surface area contributed by atoms with Gasteiger partial charge in [-0.3, -0.25) is 9.69 Å². The van der Waals surface area contributed by atoms with Gasteiger partial charge in [0.1, 0.15) is 0 Å². The summed E-state index contributed by atoms with van der Waals surface area (Å²) in [4.78, 5) is 19.1. The SMILES string of the molecule is CCN(C(=O)C(C)N1CCNCC1)C(C)CN(C)C. The molecule has 1 aliphatic rings. The normalized spacial score (nSPS) is 20.3. The highest BCUT2D eigenvalue weighted by Gasteiger charge is 2.28. The molecular formula is C14H30N4O. The Balaban J connectivity index is 2.60. The molecule has 1 heterocycles. The van der Waals surface area contributed by atoms with E-state index >= 15 is 0 Å². The van der Waals surface area contributed by atoms with Crippen LogP contribution in [0.25, 0.3) is 0 Å². The molecule has 5 nitrogen and oxygen atoms in total. The number of piperazine rings is 1. The Morgan fingerprint density at radius 2 is 1.84 bits per heavy atom. The van der Waals surface area contributed by atoms with Crippen molar-refractivity contribution >= 4 is 5.91 Å². The fourth-order valence-electron chi connectivity index (χ4n) is 2.78. The molecule has 1 saturated heterocycles. The van der Waals surface area contributed by atoms with Crippen LogP contribution in [0.1, 0.15) is 20.8 Å². The first-order valence-corrected chi connectivity index (χ1v) is 7.37. The van der Waals surface area contributed by atoms with E-state index in [-0.39, 0.29) is 18.0 Å². The number of amides is 1. The van der Waals surface area contributed by atoms with Crippen molar-refractivity contribution < 1.29 is 4.79 Å². The second kappa shape index (κ2) is 7.82. The lowest BCUT2D eigenvalue weighted by Gasteiger charge is -2.37. The number of carbonyl (C=O) groups excluding carboxylic acids is 1. The Morgan fingerprint density at radius 3 is 2.32 bits per heavy atom. The Kier molecular flexibility index (Phi) is 6.75. The van der Waals surface area contributed by atoms with Crippen LogP contribution in [0.5, 0.6) is 0 Å². The third kappa shape index (κ3) is 4.75. The Labute approximate surface area is 117 Å².